The fraction of sp³-hybridized carbons (Fsp3) is 0.250. The molecular formula is C20H15F3N4O2. The van der Waals surface area contributed by atoms with E-state index in [1.54, 1.807) is 12.1 Å². The second-order valence-corrected chi connectivity index (χ2v) is 6.71. The van der Waals surface area contributed by atoms with Crippen LogP contribution in [0.5, 0.6) is 5.75 Å². The van der Waals surface area contributed by atoms with Crippen LogP contribution >= 0.6 is 0 Å². The Labute approximate surface area is 163 Å². The highest BCUT2D eigenvalue weighted by Gasteiger charge is 2.42. The van der Waals surface area contributed by atoms with Gasteiger partial charge in [0.15, 0.2) is 0 Å². The Kier molecular flexibility index (Phi) is 4.22. The van der Waals surface area contributed by atoms with Gasteiger partial charge in [-0.15, -0.1) is 6.42 Å². The number of pyridine rings is 1. The number of alkyl halides is 3. The normalized spacial score (nSPS) is 15.0. The van der Waals surface area contributed by atoms with Gasteiger partial charge in [0.25, 0.3) is 0 Å². The number of fused-ring (bicyclic) bond motifs is 1. The average molecular weight is 400 g/mol. The summed E-state index contributed by atoms with van der Waals surface area (Å²) in [7, 11) is 1.26. The molecule has 3 aromatic rings. The summed E-state index contributed by atoms with van der Waals surface area (Å²) in [4.78, 5) is 20.8. The molecule has 0 unspecified atom stereocenters. The van der Waals surface area contributed by atoms with Gasteiger partial charge >= 0.3 is 11.9 Å². The molecule has 0 radical (unpaired) electrons. The minimum atomic E-state index is -4.63. The number of hydrogen-bond donors (Lipinski definition) is 1. The van der Waals surface area contributed by atoms with Crippen molar-refractivity contribution in [3.05, 3.63) is 52.7 Å². The van der Waals surface area contributed by atoms with E-state index in [0.29, 0.717) is 12.8 Å². The first-order chi connectivity index (χ1) is 13.8. The zero-order chi connectivity index (χ0) is 20.8. The van der Waals surface area contributed by atoms with Gasteiger partial charge in [0.2, 0.25) is 0 Å². The average Bonchev–Trinajstić information content (AvgIpc) is 3.47. The van der Waals surface area contributed by atoms with Gasteiger partial charge in [-0.3, -0.25) is 9.55 Å². The van der Waals surface area contributed by atoms with Crippen molar-refractivity contribution in [2.75, 3.05) is 12.4 Å². The fourth-order valence-electron chi connectivity index (χ4n) is 3.13. The lowest BCUT2D eigenvalue weighted by molar-refractivity contribution is -0.137. The molecule has 0 amide bonds. The summed E-state index contributed by atoms with van der Waals surface area (Å²) in [5.74, 6) is 2.63. The molecule has 6 nitrogen and oxygen atoms in total. The minimum Gasteiger partial charge on any atom is -0.496 e. The third kappa shape index (κ3) is 3.27. The van der Waals surface area contributed by atoms with Crippen molar-refractivity contribution >= 4 is 16.7 Å². The number of aromatic nitrogens is 3. The molecule has 2 heterocycles. The largest absolute Gasteiger partial charge is 0.496 e. The number of terminal acetylenes is 1. The van der Waals surface area contributed by atoms with Gasteiger partial charge in [-0.2, -0.15) is 18.2 Å². The smallest absolute Gasteiger partial charge is 0.416 e. The van der Waals surface area contributed by atoms with E-state index in [0.717, 1.165) is 16.7 Å². The van der Waals surface area contributed by atoms with E-state index in [4.69, 9.17) is 11.2 Å². The molecule has 1 saturated carbocycles. The van der Waals surface area contributed by atoms with Crippen LogP contribution in [0.25, 0.3) is 16.6 Å². The van der Waals surface area contributed by atoms with Gasteiger partial charge in [-0.05, 0) is 37.1 Å². The number of nitrogens with zero attached hydrogens (tertiary/aromatic N) is 3. The van der Waals surface area contributed by atoms with Gasteiger partial charge in [-0.1, -0.05) is 5.92 Å². The fourth-order valence-corrected chi connectivity index (χ4v) is 3.13. The van der Waals surface area contributed by atoms with Crippen LogP contribution in [0.4, 0.5) is 19.0 Å². The predicted molar refractivity (Wildman–Crippen MR) is 101 cm³/mol. The van der Waals surface area contributed by atoms with Crippen molar-refractivity contribution in [2.24, 2.45) is 0 Å². The summed E-state index contributed by atoms with van der Waals surface area (Å²) < 4.78 is 46.8. The molecule has 29 heavy (non-hydrogen) atoms. The van der Waals surface area contributed by atoms with Crippen molar-refractivity contribution < 1.29 is 17.9 Å². The lowest BCUT2D eigenvalue weighted by Crippen LogP contribution is -2.27. The Morgan fingerprint density at radius 1 is 1.34 bits per heavy atom. The summed E-state index contributed by atoms with van der Waals surface area (Å²) in [5.41, 5.74) is -2.11. The molecule has 1 aromatic carbocycles. The van der Waals surface area contributed by atoms with Gasteiger partial charge in [0.1, 0.15) is 11.6 Å². The Hall–Kier alpha value is -3.54. The van der Waals surface area contributed by atoms with Crippen LogP contribution in [-0.2, 0) is 6.18 Å². The van der Waals surface area contributed by atoms with Crippen LogP contribution in [0.3, 0.4) is 0 Å². The summed E-state index contributed by atoms with van der Waals surface area (Å²) in [6.07, 6.45) is 5.12. The van der Waals surface area contributed by atoms with Crippen molar-refractivity contribution in [3.8, 4) is 23.8 Å². The zero-order valence-corrected chi connectivity index (χ0v) is 15.2. The van der Waals surface area contributed by atoms with Crippen LogP contribution in [0.2, 0.25) is 0 Å². The Morgan fingerprint density at radius 2 is 2.10 bits per heavy atom. The molecule has 0 aliphatic heterocycles. The molecule has 1 aliphatic rings. The second kappa shape index (κ2) is 6.51. The van der Waals surface area contributed by atoms with Crippen molar-refractivity contribution in [3.63, 3.8) is 0 Å². The first kappa shape index (κ1) is 18.8. The highest BCUT2D eigenvalue weighted by molar-refractivity contribution is 5.96. The summed E-state index contributed by atoms with van der Waals surface area (Å²) in [6, 6.07) is 4.90. The molecule has 1 N–H and O–H groups in total. The highest BCUT2D eigenvalue weighted by Crippen LogP contribution is 2.42. The number of hydrogen-bond acceptors (Lipinski definition) is 5. The van der Waals surface area contributed by atoms with Gasteiger partial charge in [-0.25, -0.2) is 4.79 Å². The van der Waals surface area contributed by atoms with E-state index in [1.807, 2.05) is 0 Å². The van der Waals surface area contributed by atoms with Crippen molar-refractivity contribution in [1.82, 2.24) is 14.5 Å². The van der Waals surface area contributed by atoms with E-state index in [9.17, 15) is 18.0 Å². The summed E-state index contributed by atoms with van der Waals surface area (Å²) in [5, 5.41) is 3.26. The summed E-state index contributed by atoms with van der Waals surface area (Å²) >= 11 is 0. The van der Waals surface area contributed by atoms with Crippen molar-refractivity contribution in [2.45, 2.75) is 24.6 Å². The molecule has 148 valence electrons. The van der Waals surface area contributed by atoms with E-state index in [2.05, 4.69) is 21.2 Å². The maximum atomic E-state index is 13.5. The molecule has 9 heteroatoms. The molecule has 0 atom stereocenters. The number of halogens is 3. The van der Waals surface area contributed by atoms with Gasteiger partial charge in [0, 0.05) is 6.20 Å². The molecule has 1 aliphatic carbocycles. The van der Waals surface area contributed by atoms with Crippen LogP contribution in [0.15, 0.2) is 41.5 Å². The Bertz CT molecular complexity index is 1190. The highest BCUT2D eigenvalue weighted by atomic mass is 19.4. The van der Waals surface area contributed by atoms with E-state index in [-0.39, 0.29) is 28.2 Å². The van der Waals surface area contributed by atoms with E-state index < -0.39 is 23.0 Å². The van der Waals surface area contributed by atoms with E-state index >= 15 is 0 Å². The van der Waals surface area contributed by atoms with Crippen LogP contribution in [0.1, 0.15) is 18.4 Å². The number of ether oxygens (including phenoxy) is 1. The van der Waals surface area contributed by atoms with Crippen LogP contribution in [-0.4, -0.2) is 27.2 Å². The lowest BCUT2D eigenvalue weighted by atomic mass is 10.1. The molecular weight excluding hydrogens is 385 g/mol. The first-order valence-electron chi connectivity index (χ1n) is 8.66. The van der Waals surface area contributed by atoms with Gasteiger partial charge in [0.05, 0.1) is 41.0 Å². The molecule has 1 fully saturated rings. The SMILES string of the molecule is C#CC1(Nc2nc(=O)n(-c3cccnc3)c3cc(C(F)(F)F)cc(OC)c23)CC1. The van der Waals surface area contributed by atoms with Gasteiger partial charge < -0.3 is 10.1 Å². The number of nitrogens with one attached hydrogen (secondary N) is 1. The third-order valence-corrected chi connectivity index (χ3v) is 4.79. The quantitative estimate of drug-likeness (QED) is 0.680. The lowest BCUT2D eigenvalue weighted by Gasteiger charge is -2.19. The number of methoxy groups -OCH3 is 1. The topological polar surface area (TPSA) is 69.0 Å². The van der Waals surface area contributed by atoms with Crippen LogP contribution in [0, 0.1) is 12.3 Å². The maximum Gasteiger partial charge on any atom is 0.416 e. The Balaban J connectivity index is 2.10. The maximum absolute atomic E-state index is 13.5. The standard InChI is InChI=1S/C20H15F3N4O2/c1-3-19(6-7-19)26-17-16-14(9-12(20(21,22)23)10-15(16)29-2)27(18(28)25-17)13-5-4-8-24-11-13/h1,4-5,8-11H,6-7H2,2H3,(H,25,26,28). The predicted octanol–water partition coefficient (Wildman–Crippen LogP) is 3.39. The van der Waals surface area contributed by atoms with E-state index in [1.165, 1.54) is 19.5 Å². The number of benzene rings is 1. The van der Waals surface area contributed by atoms with Crippen molar-refractivity contribution in [1.29, 1.82) is 0 Å². The first-order valence-corrected chi connectivity index (χ1v) is 8.66. The number of anilines is 1. The molecule has 0 bridgehead atoms. The molecule has 2 aromatic heterocycles. The molecule has 0 spiro atoms. The zero-order valence-electron chi connectivity index (χ0n) is 15.2. The molecule has 0 saturated heterocycles. The minimum absolute atomic E-state index is 0.0139. The monoisotopic (exact) mass is 400 g/mol. The Morgan fingerprint density at radius 3 is 2.66 bits per heavy atom. The second-order valence-electron chi connectivity index (χ2n) is 6.71. The summed E-state index contributed by atoms with van der Waals surface area (Å²) in [6.45, 7) is 0. The number of rotatable bonds is 4. The third-order valence-electron chi connectivity index (χ3n) is 4.79. The van der Waals surface area contributed by atoms with Crippen LogP contribution < -0.4 is 15.7 Å². The molecule has 4 rings (SSSR count).